The molecule has 0 saturated heterocycles. The Hall–Kier alpha value is -3.24. The second-order valence-electron chi connectivity index (χ2n) is 6.81. The molecule has 0 fully saturated rings. The van der Waals surface area contributed by atoms with Crippen molar-refractivity contribution in [3.63, 3.8) is 0 Å². The summed E-state index contributed by atoms with van der Waals surface area (Å²) in [6, 6.07) is 23.2. The molecule has 0 saturated carbocycles. The van der Waals surface area contributed by atoms with Gasteiger partial charge in [0.25, 0.3) is 5.91 Å². The van der Waals surface area contributed by atoms with E-state index in [0.717, 1.165) is 27.8 Å². The van der Waals surface area contributed by atoms with Crippen molar-refractivity contribution in [1.29, 1.82) is 0 Å². The minimum absolute atomic E-state index is 0.0245. The van der Waals surface area contributed by atoms with E-state index in [9.17, 15) is 4.79 Å². The molecule has 3 aromatic carbocycles. The first-order chi connectivity index (χ1) is 14.2. The third kappa shape index (κ3) is 3.98. The van der Waals surface area contributed by atoms with Gasteiger partial charge in [-0.05, 0) is 41.5 Å². The van der Waals surface area contributed by atoms with Crippen molar-refractivity contribution in [3.8, 4) is 5.75 Å². The van der Waals surface area contributed by atoms with Gasteiger partial charge in [0.05, 0.1) is 17.7 Å². The van der Waals surface area contributed by atoms with Gasteiger partial charge in [0.2, 0.25) is 0 Å². The van der Waals surface area contributed by atoms with Gasteiger partial charge >= 0.3 is 0 Å². The highest BCUT2D eigenvalue weighted by Crippen LogP contribution is 2.31. The summed E-state index contributed by atoms with van der Waals surface area (Å²) in [5, 5.41) is 4.63. The maximum Gasteiger partial charge on any atom is 0.252 e. The number of amides is 1. The molecule has 4 nitrogen and oxygen atoms in total. The normalized spacial score (nSPS) is 11.9. The molecule has 0 unspecified atom stereocenters. The molecule has 146 valence electrons. The largest absolute Gasteiger partial charge is 0.497 e. The third-order valence-corrected chi connectivity index (χ3v) is 5.43. The van der Waals surface area contributed by atoms with Crippen LogP contribution in [0.15, 0.2) is 79.0 Å². The molecule has 4 aromatic rings. The van der Waals surface area contributed by atoms with Crippen molar-refractivity contribution in [3.05, 3.63) is 101 Å². The number of methoxy groups -OCH3 is 1. The molecular weight excluding hydrogens is 384 g/mol. The topological polar surface area (TPSA) is 54.1 Å². The highest BCUT2D eigenvalue weighted by molar-refractivity contribution is 6.33. The van der Waals surface area contributed by atoms with Crippen LogP contribution in [0.25, 0.3) is 10.9 Å². The van der Waals surface area contributed by atoms with E-state index in [1.165, 1.54) is 0 Å². The van der Waals surface area contributed by atoms with E-state index >= 15 is 0 Å². The minimum atomic E-state index is -0.186. The number of rotatable bonds is 6. The smallest absolute Gasteiger partial charge is 0.252 e. The maximum atomic E-state index is 12.7. The Balaban J connectivity index is 1.66. The van der Waals surface area contributed by atoms with Gasteiger partial charge in [-0.15, -0.1) is 0 Å². The van der Waals surface area contributed by atoms with Crippen LogP contribution in [0.5, 0.6) is 5.75 Å². The molecule has 0 aliphatic heterocycles. The van der Waals surface area contributed by atoms with Gasteiger partial charge in [0.15, 0.2) is 0 Å². The van der Waals surface area contributed by atoms with E-state index in [4.69, 9.17) is 16.3 Å². The first-order valence-electron chi connectivity index (χ1n) is 9.40. The Morgan fingerprint density at radius 1 is 1.03 bits per heavy atom. The van der Waals surface area contributed by atoms with Crippen molar-refractivity contribution >= 4 is 28.4 Å². The molecule has 1 atom stereocenters. The van der Waals surface area contributed by atoms with Gasteiger partial charge in [-0.1, -0.05) is 54.1 Å². The second-order valence-corrected chi connectivity index (χ2v) is 7.21. The van der Waals surface area contributed by atoms with Crippen LogP contribution in [-0.2, 0) is 0 Å². The van der Waals surface area contributed by atoms with Crippen molar-refractivity contribution in [2.24, 2.45) is 0 Å². The van der Waals surface area contributed by atoms with Crippen LogP contribution in [0.1, 0.15) is 27.4 Å². The van der Waals surface area contributed by atoms with Gasteiger partial charge in [0.1, 0.15) is 5.75 Å². The van der Waals surface area contributed by atoms with Crippen molar-refractivity contribution in [2.75, 3.05) is 13.7 Å². The lowest BCUT2D eigenvalue weighted by molar-refractivity contribution is 0.0952. The molecule has 1 amide bonds. The van der Waals surface area contributed by atoms with E-state index in [0.29, 0.717) is 17.1 Å². The molecule has 0 aliphatic carbocycles. The van der Waals surface area contributed by atoms with E-state index in [-0.39, 0.29) is 11.8 Å². The number of benzene rings is 3. The van der Waals surface area contributed by atoms with Gasteiger partial charge in [-0.3, -0.25) is 4.79 Å². The van der Waals surface area contributed by atoms with Gasteiger partial charge < -0.3 is 15.0 Å². The highest BCUT2D eigenvalue weighted by Gasteiger charge is 2.20. The Labute approximate surface area is 174 Å². The fraction of sp³-hybridized carbons (Fsp3) is 0.125. The molecular formula is C24H21ClN2O2. The maximum absolute atomic E-state index is 12.7. The van der Waals surface area contributed by atoms with Crippen LogP contribution in [0.3, 0.4) is 0 Å². The Morgan fingerprint density at radius 2 is 1.76 bits per heavy atom. The number of H-pyrrole nitrogens is 1. The van der Waals surface area contributed by atoms with Crippen molar-refractivity contribution in [1.82, 2.24) is 10.3 Å². The summed E-state index contributed by atoms with van der Waals surface area (Å²) in [6.45, 7) is 0.443. The SMILES string of the molecule is COc1ccc([C@@H](CNC(=O)c2ccccc2Cl)c2c[nH]c3ccccc23)cc1. The minimum Gasteiger partial charge on any atom is -0.497 e. The van der Waals surface area contributed by atoms with E-state index in [1.54, 1.807) is 25.3 Å². The number of hydrogen-bond donors (Lipinski definition) is 2. The zero-order valence-corrected chi connectivity index (χ0v) is 16.7. The molecule has 5 heteroatoms. The average molecular weight is 405 g/mol. The molecule has 0 radical (unpaired) electrons. The molecule has 0 bridgehead atoms. The first-order valence-corrected chi connectivity index (χ1v) is 9.78. The Kier molecular flexibility index (Phi) is 5.54. The lowest BCUT2D eigenvalue weighted by Gasteiger charge is -2.19. The van der Waals surface area contributed by atoms with Crippen LogP contribution in [0.2, 0.25) is 5.02 Å². The molecule has 29 heavy (non-hydrogen) atoms. The van der Waals surface area contributed by atoms with E-state index < -0.39 is 0 Å². The summed E-state index contributed by atoms with van der Waals surface area (Å²) >= 11 is 6.18. The molecule has 2 N–H and O–H groups in total. The predicted octanol–water partition coefficient (Wildman–Crippen LogP) is 5.39. The summed E-state index contributed by atoms with van der Waals surface area (Å²) in [5.41, 5.74) is 3.76. The highest BCUT2D eigenvalue weighted by atomic mass is 35.5. The number of ether oxygens (including phenoxy) is 1. The lowest BCUT2D eigenvalue weighted by Crippen LogP contribution is -2.29. The molecule has 0 aliphatic rings. The van der Waals surface area contributed by atoms with Gasteiger partial charge in [-0.2, -0.15) is 0 Å². The Bertz CT molecular complexity index is 1140. The standard InChI is InChI=1S/C24H21ClN2O2/c1-29-17-12-10-16(11-13-17)20(21-15-26-23-9-5-3-6-18(21)23)14-27-24(28)19-7-2-4-8-22(19)25/h2-13,15,20,26H,14H2,1H3,(H,27,28)/t20-/m1/s1. The summed E-state index contributed by atoms with van der Waals surface area (Å²) < 4.78 is 5.29. The van der Waals surface area contributed by atoms with E-state index in [2.05, 4.69) is 16.4 Å². The third-order valence-electron chi connectivity index (χ3n) is 5.10. The quantitative estimate of drug-likeness (QED) is 0.452. The fourth-order valence-corrected chi connectivity index (χ4v) is 3.78. The molecule has 1 aromatic heterocycles. The van der Waals surface area contributed by atoms with Crippen LogP contribution < -0.4 is 10.1 Å². The number of carbonyl (C=O) groups is 1. The molecule has 4 rings (SSSR count). The number of carbonyl (C=O) groups excluding carboxylic acids is 1. The number of aromatic nitrogens is 1. The van der Waals surface area contributed by atoms with E-state index in [1.807, 2.05) is 54.7 Å². The fourth-order valence-electron chi connectivity index (χ4n) is 3.56. The second kappa shape index (κ2) is 8.41. The molecule has 1 heterocycles. The number of aromatic amines is 1. The van der Waals surface area contributed by atoms with Crippen molar-refractivity contribution < 1.29 is 9.53 Å². The zero-order chi connectivity index (χ0) is 20.2. The number of halogens is 1. The van der Waals surface area contributed by atoms with Gasteiger partial charge in [0, 0.05) is 29.6 Å². The number of hydrogen-bond acceptors (Lipinski definition) is 2. The van der Waals surface area contributed by atoms with Crippen LogP contribution in [-0.4, -0.2) is 24.5 Å². The monoisotopic (exact) mass is 404 g/mol. The molecule has 0 spiro atoms. The predicted molar refractivity (Wildman–Crippen MR) is 117 cm³/mol. The summed E-state index contributed by atoms with van der Waals surface area (Å²) in [7, 11) is 1.65. The number of fused-ring (bicyclic) bond motifs is 1. The summed E-state index contributed by atoms with van der Waals surface area (Å²) in [6.07, 6.45) is 2.02. The number of nitrogens with one attached hydrogen (secondary N) is 2. The Morgan fingerprint density at radius 3 is 2.52 bits per heavy atom. The zero-order valence-electron chi connectivity index (χ0n) is 16.0. The van der Waals surface area contributed by atoms with Crippen LogP contribution >= 0.6 is 11.6 Å². The summed E-state index contributed by atoms with van der Waals surface area (Å²) in [5.74, 6) is 0.587. The first kappa shape index (κ1) is 19.1. The van der Waals surface area contributed by atoms with Crippen LogP contribution in [0, 0.1) is 0 Å². The number of para-hydroxylation sites is 1. The average Bonchev–Trinajstić information content (AvgIpc) is 3.18. The summed E-state index contributed by atoms with van der Waals surface area (Å²) in [4.78, 5) is 16.0. The lowest BCUT2D eigenvalue weighted by atomic mass is 9.90. The van der Waals surface area contributed by atoms with Crippen molar-refractivity contribution in [2.45, 2.75) is 5.92 Å². The van der Waals surface area contributed by atoms with Gasteiger partial charge in [-0.25, -0.2) is 0 Å². The van der Waals surface area contributed by atoms with Crippen LogP contribution in [0.4, 0.5) is 0 Å².